The Labute approximate surface area is 185 Å². The summed E-state index contributed by atoms with van der Waals surface area (Å²) in [5.74, 6) is 0.350. The van der Waals surface area contributed by atoms with Crippen molar-refractivity contribution in [2.75, 3.05) is 52.4 Å². The molecule has 7 nitrogen and oxygen atoms in total. The van der Waals surface area contributed by atoms with Crippen molar-refractivity contribution in [2.45, 2.75) is 45.6 Å². The molecule has 4 aliphatic heterocycles. The number of aromatic nitrogens is 1. The third kappa shape index (κ3) is 3.41. The molecule has 31 heavy (non-hydrogen) atoms. The van der Waals surface area contributed by atoms with E-state index >= 15 is 0 Å². The molecule has 7 heteroatoms. The van der Waals surface area contributed by atoms with Gasteiger partial charge in [0.25, 0.3) is 0 Å². The van der Waals surface area contributed by atoms with Crippen LogP contribution in [0.25, 0.3) is 0 Å². The van der Waals surface area contributed by atoms with Gasteiger partial charge in [-0.1, -0.05) is 6.07 Å². The molecule has 0 aromatic carbocycles. The van der Waals surface area contributed by atoms with Gasteiger partial charge in [-0.3, -0.25) is 14.7 Å². The van der Waals surface area contributed by atoms with Crippen LogP contribution in [-0.2, 0) is 11.3 Å². The standard InChI is InChI=1S/C24H35N5O2/c1-2-27-15-9-24(21(27)30)19-26(17-20-6-5-10-25-16-20)18-23(24)7-13-29(14-8-23)22(31)28-11-3-4-12-28/h5-6,10,16H,2-4,7-9,11-15,17-19H2,1H3. The molecule has 4 fully saturated rings. The molecule has 5 heterocycles. The third-order valence-corrected chi connectivity index (χ3v) is 8.42. The fourth-order valence-corrected chi connectivity index (χ4v) is 6.69. The Bertz CT molecular complexity index is 817. The van der Waals surface area contributed by atoms with E-state index in [1.807, 2.05) is 28.3 Å². The van der Waals surface area contributed by atoms with Crippen LogP contribution in [0.1, 0.15) is 44.6 Å². The van der Waals surface area contributed by atoms with E-state index in [2.05, 4.69) is 27.8 Å². The third-order valence-electron chi connectivity index (χ3n) is 8.42. The van der Waals surface area contributed by atoms with Gasteiger partial charge in [0.2, 0.25) is 5.91 Å². The quantitative estimate of drug-likeness (QED) is 0.746. The fourth-order valence-electron chi connectivity index (χ4n) is 6.69. The number of fused-ring (bicyclic) bond motifs is 1. The highest BCUT2D eigenvalue weighted by Crippen LogP contribution is 2.58. The topological polar surface area (TPSA) is 60.0 Å². The molecule has 1 aromatic rings. The summed E-state index contributed by atoms with van der Waals surface area (Å²) in [5.41, 5.74) is 0.876. The Morgan fingerprint density at radius 1 is 1.03 bits per heavy atom. The maximum atomic E-state index is 13.7. The van der Waals surface area contributed by atoms with E-state index in [0.29, 0.717) is 5.91 Å². The lowest BCUT2D eigenvalue weighted by Crippen LogP contribution is -2.55. The molecule has 2 spiro atoms. The summed E-state index contributed by atoms with van der Waals surface area (Å²) in [6.45, 7) is 9.70. The number of carbonyl (C=O) groups excluding carboxylic acids is 2. The number of amides is 3. The lowest BCUT2D eigenvalue weighted by Gasteiger charge is -2.47. The monoisotopic (exact) mass is 425 g/mol. The van der Waals surface area contributed by atoms with Gasteiger partial charge >= 0.3 is 6.03 Å². The predicted octanol–water partition coefficient (Wildman–Crippen LogP) is 2.43. The van der Waals surface area contributed by atoms with Gasteiger partial charge in [0.15, 0.2) is 0 Å². The number of urea groups is 1. The molecule has 1 atom stereocenters. The summed E-state index contributed by atoms with van der Waals surface area (Å²) in [6, 6.07) is 4.31. The molecule has 5 rings (SSSR count). The molecule has 0 saturated carbocycles. The average Bonchev–Trinajstić information content (AvgIpc) is 3.50. The number of piperidine rings is 1. The number of likely N-dealkylation sites (tertiary alicyclic amines) is 4. The second-order valence-corrected chi connectivity index (χ2v) is 9.97. The Morgan fingerprint density at radius 2 is 1.77 bits per heavy atom. The minimum absolute atomic E-state index is 0.0298. The zero-order valence-corrected chi connectivity index (χ0v) is 18.8. The molecular weight excluding hydrogens is 390 g/mol. The summed E-state index contributed by atoms with van der Waals surface area (Å²) >= 11 is 0. The van der Waals surface area contributed by atoms with Crippen LogP contribution in [0.5, 0.6) is 0 Å². The molecule has 4 saturated heterocycles. The molecule has 0 radical (unpaired) electrons. The predicted molar refractivity (Wildman–Crippen MR) is 118 cm³/mol. The summed E-state index contributed by atoms with van der Waals surface area (Å²) < 4.78 is 0. The van der Waals surface area contributed by atoms with Crippen molar-refractivity contribution >= 4 is 11.9 Å². The summed E-state index contributed by atoms with van der Waals surface area (Å²) in [4.78, 5) is 39.5. The van der Waals surface area contributed by atoms with Crippen LogP contribution in [0.2, 0.25) is 0 Å². The summed E-state index contributed by atoms with van der Waals surface area (Å²) in [7, 11) is 0. The van der Waals surface area contributed by atoms with Crippen molar-refractivity contribution in [1.29, 1.82) is 0 Å². The first-order chi connectivity index (χ1) is 15.1. The van der Waals surface area contributed by atoms with Gasteiger partial charge in [0.1, 0.15) is 0 Å². The number of hydrogen-bond donors (Lipinski definition) is 0. The SMILES string of the molecule is CCN1CCC2(CN(Cc3cccnc3)CC23CCN(C(=O)N2CCCC2)CC3)C1=O. The van der Waals surface area contributed by atoms with Crippen molar-refractivity contribution in [3.8, 4) is 0 Å². The minimum Gasteiger partial charge on any atom is -0.342 e. The van der Waals surface area contributed by atoms with E-state index in [-0.39, 0.29) is 16.9 Å². The largest absolute Gasteiger partial charge is 0.342 e. The van der Waals surface area contributed by atoms with E-state index in [4.69, 9.17) is 0 Å². The number of nitrogens with zero attached hydrogens (tertiary/aromatic N) is 5. The van der Waals surface area contributed by atoms with Gasteiger partial charge in [-0.25, -0.2) is 4.79 Å². The molecular formula is C24H35N5O2. The summed E-state index contributed by atoms with van der Waals surface area (Å²) in [5, 5.41) is 0. The first-order valence-electron chi connectivity index (χ1n) is 12.0. The second kappa shape index (κ2) is 8.08. The second-order valence-electron chi connectivity index (χ2n) is 9.97. The maximum Gasteiger partial charge on any atom is 0.319 e. The van der Waals surface area contributed by atoms with Crippen LogP contribution < -0.4 is 0 Å². The Kier molecular flexibility index (Phi) is 5.40. The molecule has 0 bridgehead atoms. The van der Waals surface area contributed by atoms with Crippen molar-refractivity contribution in [2.24, 2.45) is 10.8 Å². The molecule has 3 amide bonds. The van der Waals surface area contributed by atoms with E-state index < -0.39 is 0 Å². The van der Waals surface area contributed by atoms with Crippen LogP contribution in [0.15, 0.2) is 24.5 Å². The van der Waals surface area contributed by atoms with E-state index in [1.54, 1.807) is 0 Å². The van der Waals surface area contributed by atoms with E-state index in [0.717, 1.165) is 91.0 Å². The highest BCUT2D eigenvalue weighted by atomic mass is 16.2. The Hall–Kier alpha value is -2.15. The Balaban J connectivity index is 1.36. The van der Waals surface area contributed by atoms with Crippen LogP contribution >= 0.6 is 0 Å². The average molecular weight is 426 g/mol. The highest BCUT2D eigenvalue weighted by Gasteiger charge is 2.65. The van der Waals surface area contributed by atoms with E-state index in [1.165, 1.54) is 5.56 Å². The molecule has 168 valence electrons. The Morgan fingerprint density at radius 3 is 2.42 bits per heavy atom. The minimum atomic E-state index is -0.298. The van der Waals surface area contributed by atoms with Crippen molar-refractivity contribution in [1.82, 2.24) is 24.6 Å². The zero-order valence-electron chi connectivity index (χ0n) is 18.8. The van der Waals surface area contributed by atoms with E-state index in [9.17, 15) is 9.59 Å². The number of pyridine rings is 1. The van der Waals surface area contributed by atoms with Gasteiger partial charge in [-0.2, -0.15) is 0 Å². The molecule has 0 aliphatic carbocycles. The lowest BCUT2D eigenvalue weighted by molar-refractivity contribution is -0.141. The van der Waals surface area contributed by atoms with Crippen molar-refractivity contribution in [3.05, 3.63) is 30.1 Å². The van der Waals surface area contributed by atoms with Crippen molar-refractivity contribution in [3.63, 3.8) is 0 Å². The van der Waals surface area contributed by atoms with Crippen LogP contribution in [-0.4, -0.2) is 88.9 Å². The van der Waals surface area contributed by atoms with Gasteiger partial charge in [0, 0.05) is 76.7 Å². The highest BCUT2D eigenvalue weighted by molar-refractivity contribution is 5.87. The summed E-state index contributed by atoms with van der Waals surface area (Å²) in [6.07, 6.45) is 8.80. The number of carbonyl (C=O) groups is 2. The molecule has 4 aliphatic rings. The lowest BCUT2D eigenvalue weighted by atomic mass is 9.60. The van der Waals surface area contributed by atoms with Gasteiger partial charge in [0.05, 0.1) is 5.41 Å². The van der Waals surface area contributed by atoms with Gasteiger partial charge in [-0.05, 0) is 50.7 Å². The molecule has 0 N–H and O–H groups in total. The van der Waals surface area contributed by atoms with Gasteiger partial charge < -0.3 is 14.7 Å². The first-order valence-corrected chi connectivity index (χ1v) is 12.0. The molecule has 1 aromatic heterocycles. The van der Waals surface area contributed by atoms with Gasteiger partial charge in [-0.15, -0.1) is 0 Å². The van der Waals surface area contributed by atoms with Crippen LogP contribution in [0, 0.1) is 10.8 Å². The molecule has 1 unspecified atom stereocenters. The fraction of sp³-hybridized carbons (Fsp3) is 0.708. The van der Waals surface area contributed by atoms with Crippen molar-refractivity contribution < 1.29 is 9.59 Å². The smallest absolute Gasteiger partial charge is 0.319 e. The first kappa shape index (κ1) is 20.7. The number of rotatable bonds is 3. The zero-order chi connectivity index (χ0) is 21.5. The van der Waals surface area contributed by atoms with Crippen LogP contribution in [0.4, 0.5) is 4.79 Å². The van der Waals surface area contributed by atoms with Crippen LogP contribution in [0.3, 0.4) is 0 Å². The number of hydrogen-bond acceptors (Lipinski definition) is 4. The maximum absolute atomic E-state index is 13.7. The normalized spacial score (nSPS) is 28.4.